The van der Waals surface area contributed by atoms with Gasteiger partial charge in [0.15, 0.2) is 11.2 Å². The summed E-state index contributed by atoms with van der Waals surface area (Å²) < 4.78 is 13.4. The smallest absolute Gasteiger partial charge is 0.252 e. The number of aryl methyl sites for hydroxylation is 1. The van der Waals surface area contributed by atoms with Gasteiger partial charge in [0.05, 0.1) is 12.9 Å². The molecule has 0 aliphatic rings. The van der Waals surface area contributed by atoms with E-state index in [1.807, 2.05) is 65.2 Å². The summed E-state index contributed by atoms with van der Waals surface area (Å²) in [6, 6.07) is 19.5. The highest BCUT2D eigenvalue weighted by atomic mass is 16.5. The topological polar surface area (TPSA) is 91.2 Å². The minimum atomic E-state index is -0.337. The summed E-state index contributed by atoms with van der Waals surface area (Å²) in [6.45, 7) is 3.40. The van der Waals surface area contributed by atoms with E-state index in [-0.39, 0.29) is 18.5 Å². The van der Waals surface area contributed by atoms with Gasteiger partial charge in [-0.15, -0.1) is 0 Å². The van der Waals surface area contributed by atoms with Gasteiger partial charge in [0.2, 0.25) is 11.8 Å². The number of hydrogen-bond acceptors (Lipinski definition) is 6. The molecule has 32 heavy (non-hydrogen) atoms. The fourth-order valence-corrected chi connectivity index (χ4v) is 3.20. The molecule has 0 saturated carbocycles. The zero-order valence-electron chi connectivity index (χ0n) is 17.9. The molecular formula is C24H25N5O3. The van der Waals surface area contributed by atoms with Gasteiger partial charge in [0, 0.05) is 6.54 Å². The lowest BCUT2D eigenvalue weighted by molar-refractivity contribution is -0.121. The molecule has 2 aromatic heterocycles. The second-order valence-corrected chi connectivity index (χ2v) is 7.26. The van der Waals surface area contributed by atoms with Gasteiger partial charge < -0.3 is 14.0 Å². The maximum Gasteiger partial charge on any atom is 0.252 e. The summed E-state index contributed by atoms with van der Waals surface area (Å²) in [7, 11) is 0. The molecule has 2 aromatic carbocycles. The maximum absolute atomic E-state index is 12.4. The molecular weight excluding hydrogens is 406 g/mol. The van der Waals surface area contributed by atoms with E-state index in [2.05, 4.69) is 27.2 Å². The van der Waals surface area contributed by atoms with E-state index in [1.54, 1.807) is 6.33 Å². The van der Waals surface area contributed by atoms with E-state index in [4.69, 9.17) is 9.47 Å². The Balaban J connectivity index is 1.48. The van der Waals surface area contributed by atoms with Crippen LogP contribution in [0.4, 0.5) is 5.95 Å². The first-order chi connectivity index (χ1) is 15.7. The summed E-state index contributed by atoms with van der Waals surface area (Å²) in [5, 5.41) is 2.71. The number of carbonyl (C=O) groups is 1. The van der Waals surface area contributed by atoms with E-state index in [0.29, 0.717) is 30.3 Å². The number of hydrogen-bond donors (Lipinski definition) is 1. The molecule has 0 unspecified atom stereocenters. The van der Waals surface area contributed by atoms with E-state index >= 15 is 0 Å². The first-order valence-corrected chi connectivity index (χ1v) is 10.5. The summed E-state index contributed by atoms with van der Waals surface area (Å²) in [5.74, 6) is 0.150. The number of nitrogens with one attached hydrogen (secondary N) is 1. The van der Waals surface area contributed by atoms with Gasteiger partial charge in [-0.05, 0) is 17.5 Å². The van der Waals surface area contributed by atoms with Crippen LogP contribution in [0.1, 0.15) is 24.5 Å². The molecule has 164 valence electrons. The number of imidazole rings is 1. The van der Waals surface area contributed by atoms with Crippen molar-refractivity contribution in [3.8, 4) is 5.88 Å². The molecule has 2 heterocycles. The van der Waals surface area contributed by atoms with Crippen LogP contribution in [0, 0.1) is 0 Å². The SMILES string of the molecule is CCCn1cnc2c(OCc3ccccc3)nc(NC(=O)COCc3ccccc3)nc21. The minimum Gasteiger partial charge on any atom is -0.471 e. The van der Waals surface area contributed by atoms with Crippen LogP contribution in [0.3, 0.4) is 0 Å². The first kappa shape index (κ1) is 21.5. The van der Waals surface area contributed by atoms with Gasteiger partial charge in [-0.1, -0.05) is 67.6 Å². The van der Waals surface area contributed by atoms with Crippen LogP contribution in [0.2, 0.25) is 0 Å². The van der Waals surface area contributed by atoms with Crippen molar-refractivity contribution >= 4 is 23.0 Å². The van der Waals surface area contributed by atoms with E-state index in [1.165, 1.54) is 0 Å². The highest BCUT2D eigenvalue weighted by molar-refractivity contribution is 5.91. The van der Waals surface area contributed by atoms with Gasteiger partial charge in [-0.25, -0.2) is 4.98 Å². The van der Waals surface area contributed by atoms with Crippen molar-refractivity contribution in [2.24, 2.45) is 0 Å². The van der Waals surface area contributed by atoms with Crippen molar-refractivity contribution in [1.82, 2.24) is 19.5 Å². The predicted octanol–water partition coefficient (Wildman–Crippen LogP) is 3.97. The Hall–Kier alpha value is -3.78. The molecule has 8 nitrogen and oxygen atoms in total. The second kappa shape index (κ2) is 10.5. The number of amides is 1. The third-order valence-corrected chi connectivity index (χ3v) is 4.71. The van der Waals surface area contributed by atoms with Crippen LogP contribution < -0.4 is 10.1 Å². The molecule has 0 saturated heterocycles. The molecule has 0 aliphatic heterocycles. The molecule has 4 aromatic rings. The molecule has 1 amide bonds. The zero-order chi connectivity index (χ0) is 22.2. The average molecular weight is 431 g/mol. The lowest BCUT2D eigenvalue weighted by atomic mass is 10.2. The summed E-state index contributed by atoms with van der Waals surface area (Å²) in [4.78, 5) is 25.7. The quantitative estimate of drug-likeness (QED) is 0.409. The van der Waals surface area contributed by atoms with Crippen molar-refractivity contribution in [3.05, 3.63) is 78.1 Å². The predicted molar refractivity (Wildman–Crippen MR) is 121 cm³/mol. The molecule has 0 fully saturated rings. The van der Waals surface area contributed by atoms with Crippen LogP contribution in [0.15, 0.2) is 67.0 Å². The number of carbonyl (C=O) groups excluding carboxylic acids is 1. The van der Waals surface area contributed by atoms with Gasteiger partial charge in [0.25, 0.3) is 5.91 Å². The van der Waals surface area contributed by atoms with Crippen LogP contribution in [-0.2, 0) is 29.3 Å². The number of anilines is 1. The maximum atomic E-state index is 12.4. The summed E-state index contributed by atoms with van der Waals surface area (Å²) >= 11 is 0. The number of aromatic nitrogens is 4. The number of nitrogens with zero attached hydrogens (tertiary/aromatic N) is 4. The zero-order valence-corrected chi connectivity index (χ0v) is 17.9. The largest absolute Gasteiger partial charge is 0.471 e. The number of ether oxygens (including phenoxy) is 2. The van der Waals surface area contributed by atoms with Crippen LogP contribution in [-0.4, -0.2) is 32.0 Å². The summed E-state index contributed by atoms with van der Waals surface area (Å²) in [5.41, 5.74) is 3.18. The highest BCUT2D eigenvalue weighted by Crippen LogP contribution is 2.24. The van der Waals surface area contributed by atoms with Crippen molar-refractivity contribution in [1.29, 1.82) is 0 Å². The van der Waals surface area contributed by atoms with Gasteiger partial charge in [-0.3, -0.25) is 10.1 Å². The molecule has 0 radical (unpaired) electrons. The van der Waals surface area contributed by atoms with Crippen molar-refractivity contribution in [2.45, 2.75) is 33.1 Å². The molecule has 0 atom stereocenters. The molecule has 0 aliphatic carbocycles. The normalized spacial score (nSPS) is 10.9. The number of fused-ring (bicyclic) bond motifs is 1. The Morgan fingerprint density at radius 3 is 2.34 bits per heavy atom. The Bertz CT molecular complexity index is 1160. The van der Waals surface area contributed by atoms with Crippen LogP contribution in [0.25, 0.3) is 11.2 Å². The first-order valence-electron chi connectivity index (χ1n) is 10.5. The Kier molecular flexibility index (Phi) is 7.04. The third-order valence-electron chi connectivity index (χ3n) is 4.71. The van der Waals surface area contributed by atoms with E-state index in [9.17, 15) is 4.79 Å². The van der Waals surface area contributed by atoms with Crippen LogP contribution >= 0.6 is 0 Å². The Morgan fingerprint density at radius 1 is 0.969 bits per heavy atom. The second-order valence-electron chi connectivity index (χ2n) is 7.26. The lowest BCUT2D eigenvalue weighted by Crippen LogP contribution is -2.20. The van der Waals surface area contributed by atoms with Crippen LogP contribution in [0.5, 0.6) is 5.88 Å². The van der Waals surface area contributed by atoms with Crippen molar-refractivity contribution in [2.75, 3.05) is 11.9 Å². The minimum absolute atomic E-state index is 0.106. The summed E-state index contributed by atoms with van der Waals surface area (Å²) in [6.07, 6.45) is 2.64. The van der Waals surface area contributed by atoms with E-state index in [0.717, 1.165) is 24.1 Å². The fraction of sp³-hybridized carbons (Fsp3) is 0.250. The number of benzene rings is 2. The standard InChI is InChI=1S/C24H25N5O3/c1-2-13-29-17-25-21-22(29)27-24(28-23(21)32-15-19-11-7-4-8-12-19)26-20(30)16-31-14-18-9-5-3-6-10-18/h3-12,17H,2,13-16H2,1H3,(H,26,27,28,30). The average Bonchev–Trinajstić information content (AvgIpc) is 3.22. The van der Waals surface area contributed by atoms with Gasteiger partial charge >= 0.3 is 0 Å². The molecule has 8 heteroatoms. The van der Waals surface area contributed by atoms with Crippen molar-refractivity contribution in [3.63, 3.8) is 0 Å². The Labute approximate surface area is 186 Å². The Morgan fingerprint density at radius 2 is 1.66 bits per heavy atom. The lowest BCUT2D eigenvalue weighted by Gasteiger charge is -2.10. The highest BCUT2D eigenvalue weighted by Gasteiger charge is 2.16. The molecule has 1 N–H and O–H groups in total. The fourth-order valence-electron chi connectivity index (χ4n) is 3.20. The molecule has 0 bridgehead atoms. The van der Waals surface area contributed by atoms with Gasteiger partial charge in [0.1, 0.15) is 13.2 Å². The molecule has 0 spiro atoms. The molecule has 4 rings (SSSR count). The van der Waals surface area contributed by atoms with E-state index < -0.39 is 0 Å². The van der Waals surface area contributed by atoms with Crippen molar-refractivity contribution < 1.29 is 14.3 Å². The van der Waals surface area contributed by atoms with Gasteiger partial charge in [-0.2, -0.15) is 9.97 Å². The number of rotatable bonds is 10. The third kappa shape index (κ3) is 5.47. The monoisotopic (exact) mass is 431 g/mol.